The molecular formula is C15H13ClF3N. The van der Waals surface area contributed by atoms with Gasteiger partial charge in [0, 0.05) is 11.6 Å². The van der Waals surface area contributed by atoms with E-state index in [1.807, 2.05) is 0 Å². The maximum absolute atomic E-state index is 13.8. The van der Waals surface area contributed by atoms with Crippen LogP contribution in [0.3, 0.4) is 0 Å². The van der Waals surface area contributed by atoms with Gasteiger partial charge in [-0.25, -0.2) is 13.2 Å². The summed E-state index contributed by atoms with van der Waals surface area (Å²) < 4.78 is 40.2. The van der Waals surface area contributed by atoms with Crippen LogP contribution in [0.1, 0.15) is 22.7 Å². The molecule has 0 spiro atoms. The molecule has 0 saturated carbocycles. The van der Waals surface area contributed by atoms with Crippen LogP contribution >= 0.6 is 11.6 Å². The van der Waals surface area contributed by atoms with Gasteiger partial charge < -0.3 is 5.73 Å². The molecule has 2 N–H and O–H groups in total. The minimum atomic E-state index is -0.731. The molecule has 0 aromatic heterocycles. The number of rotatable bonds is 3. The highest BCUT2D eigenvalue weighted by Gasteiger charge is 2.16. The Labute approximate surface area is 120 Å². The van der Waals surface area contributed by atoms with Crippen molar-refractivity contribution in [3.8, 4) is 0 Å². The largest absolute Gasteiger partial charge is 0.324 e. The highest BCUT2D eigenvalue weighted by atomic mass is 35.5. The lowest BCUT2D eigenvalue weighted by atomic mass is 9.96. The summed E-state index contributed by atoms with van der Waals surface area (Å²) in [5.74, 6) is -1.71. The second-order valence-corrected chi connectivity index (χ2v) is 5.08. The van der Waals surface area contributed by atoms with Crippen molar-refractivity contribution in [2.45, 2.75) is 19.4 Å². The Hall–Kier alpha value is -1.52. The van der Waals surface area contributed by atoms with Gasteiger partial charge in [-0.05, 0) is 48.7 Å². The van der Waals surface area contributed by atoms with Crippen molar-refractivity contribution < 1.29 is 13.2 Å². The second kappa shape index (κ2) is 5.85. The smallest absolute Gasteiger partial charge is 0.142 e. The summed E-state index contributed by atoms with van der Waals surface area (Å²) in [4.78, 5) is 0. The van der Waals surface area contributed by atoms with E-state index in [0.717, 1.165) is 23.3 Å². The maximum Gasteiger partial charge on any atom is 0.142 e. The molecule has 1 nitrogen and oxygen atoms in total. The molecule has 106 valence electrons. The molecule has 0 heterocycles. The SMILES string of the molecule is Cc1cc(F)ccc1CC(N)c1cc(F)c(Cl)cc1F. The summed E-state index contributed by atoms with van der Waals surface area (Å²) in [6, 6.07) is 5.46. The van der Waals surface area contributed by atoms with E-state index in [4.69, 9.17) is 17.3 Å². The molecule has 1 atom stereocenters. The van der Waals surface area contributed by atoms with Crippen molar-refractivity contribution in [1.29, 1.82) is 0 Å². The summed E-state index contributed by atoms with van der Waals surface area (Å²) in [6.45, 7) is 1.74. The first-order valence-corrected chi connectivity index (χ1v) is 6.41. The number of aryl methyl sites for hydroxylation is 1. The van der Waals surface area contributed by atoms with Crippen molar-refractivity contribution >= 4 is 11.6 Å². The fourth-order valence-electron chi connectivity index (χ4n) is 2.06. The van der Waals surface area contributed by atoms with Crippen molar-refractivity contribution in [3.05, 3.63) is 69.5 Å². The Kier molecular flexibility index (Phi) is 4.35. The lowest BCUT2D eigenvalue weighted by molar-refractivity contribution is 0.560. The zero-order chi connectivity index (χ0) is 14.9. The molecule has 0 radical (unpaired) electrons. The van der Waals surface area contributed by atoms with Gasteiger partial charge in [0.25, 0.3) is 0 Å². The molecule has 0 saturated heterocycles. The first-order valence-electron chi connectivity index (χ1n) is 6.03. The molecule has 0 amide bonds. The molecular weight excluding hydrogens is 287 g/mol. The van der Waals surface area contributed by atoms with Crippen LogP contribution in [-0.4, -0.2) is 0 Å². The van der Waals surface area contributed by atoms with Crippen LogP contribution in [0.25, 0.3) is 0 Å². The summed E-state index contributed by atoms with van der Waals surface area (Å²) in [7, 11) is 0. The first kappa shape index (κ1) is 14.9. The van der Waals surface area contributed by atoms with Crippen LogP contribution in [0.15, 0.2) is 30.3 Å². The van der Waals surface area contributed by atoms with Crippen molar-refractivity contribution in [3.63, 3.8) is 0 Å². The third-order valence-corrected chi connectivity index (χ3v) is 3.47. The topological polar surface area (TPSA) is 26.0 Å². The molecule has 2 aromatic rings. The predicted octanol–water partition coefficient (Wildman–Crippen LogP) is 4.31. The lowest BCUT2D eigenvalue weighted by Gasteiger charge is -2.15. The van der Waals surface area contributed by atoms with Crippen LogP contribution in [0.2, 0.25) is 5.02 Å². The molecule has 1 unspecified atom stereocenters. The van der Waals surface area contributed by atoms with E-state index >= 15 is 0 Å². The molecule has 0 fully saturated rings. The average molecular weight is 300 g/mol. The van der Waals surface area contributed by atoms with Gasteiger partial charge in [-0.1, -0.05) is 17.7 Å². The van der Waals surface area contributed by atoms with E-state index < -0.39 is 17.7 Å². The zero-order valence-electron chi connectivity index (χ0n) is 10.8. The van der Waals surface area contributed by atoms with Gasteiger partial charge in [-0.15, -0.1) is 0 Å². The quantitative estimate of drug-likeness (QED) is 0.840. The summed E-state index contributed by atoms with van der Waals surface area (Å²) in [5, 5.41) is -0.281. The standard InChI is InChI=1S/C15H13ClF3N/c1-8-4-10(17)3-2-9(8)5-15(20)11-6-14(19)12(16)7-13(11)18/h2-4,6-7,15H,5,20H2,1H3. The molecule has 0 bridgehead atoms. The Morgan fingerprint density at radius 1 is 1.10 bits per heavy atom. The number of benzene rings is 2. The van der Waals surface area contributed by atoms with Crippen LogP contribution in [-0.2, 0) is 6.42 Å². The zero-order valence-corrected chi connectivity index (χ0v) is 11.5. The fraction of sp³-hybridized carbons (Fsp3) is 0.200. The third kappa shape index (κ3) is 3.14. The number of hydrogen-bond acceptors (Lipinski definition) is 1. The molecule has 0 aliphatic rings. The third-order valence-electron chi connectivity index (χ3n) is 3.18. The molecule has 2 aromatic carbocycles. The normalized spacial score (nSPS) is 12.5. The molecule has 5 heteroatoms. The Morgan fingerprint density at radius 2 is 1.80 bits per heavy atom. The van der Waals surface area contributed by atoms with E-state index in [9.17, 15) is 13.2 Å². The van der Waals surface area contributed by atoms with E-state index in [0.29, 0.717) is 0 Å². The monoisotopic (exact) mass is 299 g/mol. The number of hydrogen-bond donors (Lipinski definition) is 1. The van der Waals surface area contributed by atoms with Gasteiger partial charge in [0.2, 0.25) is 0 Å². The molecule has 20 heavy (non-hydrogen) atoms. The van der Waals surface area contributed by atoms with Crippen LogP contribution in [0, 0.1) is 24.4 Å². The predicted molar refractivity (Wildman–Crippen MR) is 73.1 cm³/mol. The maximum atomic E-state index is 13.8. The minimum Gasteiger partial charge on any atom is -0.324 e. The van der Waals surface area contributed by atoms with Crippen molar-refractivity contribution in [2.24, 2.45) is 5.73 Å². The van der Waals surface area contributed by atoms with Gasteiger partial charge in [-0.2, -0.15) is 0 Å². The first-order chi connectivity index (χ1) is 9.38. The van der Waals surface area contributed by atoms with Crippen LogP contribution in [0.4, 0.5) is 13.2 Å². The average Bonchev–Trinajstić information content (AvgIpc) is 2.37. The molecule has 0 aliphatic heterocycles. The highest BCUT2D eigenvalue weighted by Crippen LogP contribution is 2.25. The minimum absolute atomic E-state index is 0.0515. The summed E-state index contributed by atoms with van der Waals surface area (Å²) in [5.41, 5.74) is 7.47. The Morgan fingerprint density at radius 3 is 2.45 bits per heavy atom. The van der Waals surface area contributed by atoms with E-state index in [1.54, 1.807) is 13.0 Å². The van der Waals surface area contributed by atoms with Gasteiger partial charge >= 0.3 is 0 Å². The summed E-state index contributed by atoms with van der Waals surface area (Å²) >= 11 is 5.50. The van der Waals surface area contributed by atoms with Gasteiger partial charge in [0.05, 0.1) is 5.02 Å². The van der Waals surface area contributed by atoms with Crippen molar-refractivity contribution in [2.75, 3.05) is 0 Å². The second-order valence-electron chi connectivity index (χ2n) is 4.67. The van der Waals surface area contributed by atoms with Crippen molar-refractivity contribution in [1.82, 2.24) is 0 Å². The van der Waals surface area contributed by atoms with E-state index in [2.05, 4.69) is 0 Å². The van der Waals surface area contributed by atoms with Crippen LogP contribution < -0.4 is 5.73 Å². The number of nitrogens with two attached hydrogens (primary N) is 1. The summed E-state index contributed by atoms with van der Waals surface area (Å²) in [6.07, 6.45) is 0.282. The van der Waals surface area contributed by atoms with Gasteiger partial charge in [-0.3, -0.25) is 0 Å². The van der Waals surface area contributed by atoms with E-state index in [-0.39, 0.29) is 22.8 Å². The fourth-order valence-corrected chi connectivity index (χ4v) is 2.21. The highest BCUT2D eigenvalue weighted by molar-refractivity contribution is 6.30. The van der Waals surface area contributed by atoms with E-state index in [1.165, 1.54) is 12.1 Å². The Bertz CT molecular complexity index is 643. The van der Waals surface area contributed by atoms with Gasteiger partial charge in [0.1, 0.15) is 17.5 Å². The molecule has 2 rings (SSSR count). The molecule has 0 aliphatic carbocycles. The number of halogens is 4. The lowest BCUT2D eigenvalue weighted by Crippen LogP contribution is -2.16. The van der Waals surface area contributed by atoms with Gasteiger partial charge in [0.15, 0.2) is 0 Å². The Balaban J connectivity index is 2.28. The van der Waals surface area contributed by atoms with Crippen LogP contribution in [0.5, 0.6) is 0 Å².